The molecule has 2 rings (SSSR count). The zero-order chi connectivity index (χ0) is 12.1. The number of rotatable bonds is 4. The molecule has 1 spiro atoms. The van der Waals surface area contributed by atoms with Gasteiger partial charge in [-0.3, -0.25) is 0 Å². The molecule has 0 amide bonds. The number of aliphatic hydroxyl groups is 1. The lowest BCUT2D eigenvalue weighted by molar-refractivity contribution is 0.0111. The lowest BCUT2D eigenvalue weighted by Gasteiger charge is -2.44. The summed E-state index contributed by atoms with van der Waals surface area (Å²) in [5, 5.41) is 13.2. The zero-order valence-electron chi connectivity index (χ0n) is 11.0. The van der Waals surface area contributed by atoms with Gasteiger partial charge in [0.05, 0.1) is 12.7 Å². The summed E-state index contributed by atoms with van der Waals surface area (Å²) >= 11 is 0. The normalized spacial score (nSPS) is 27.2. The SMILES string of the molecule is COCC(O)CN1CCC2(CCNCC2)CC1. The van der Waals surface area contributed by atoms with Crippen LogP contribution in [-0.2, 0) is 4.74 Å². The summed E-state index contributed by atoms with van der Waals surface area (Å²) in [5.74, 6) is 0. The molecule has 0 bridgehead atoms. The van der Waals surface area contributed by atoms with Gasteiger partial charge in [-0.2, -0.15) is 0 Å². The molecule has 2 aliphatic heterocycles. The summed E-state index contributed by atoms with van der Waals surface area (Å²) in [5.41, 5.74) is 0.605. The highest BCUT2D eigenvalue weighted by molar-refractivity contribution is 4.89. The first-order valence-electron chi connectivity index (χ1n) is 6.84. The van der Waals surface area contributed by atoms with Crippen molar-refractivity contribution >= 4 is 0 Å². The van der Waals surface area contributed by atoms with Gasteiger partial charge in [-0.1, -0.05) is 0 Å². The summed E-state index contributed by atoms with van der Waals surface area (Å²) in [6.45, 7) is 5.87. The Labute approximate surface area is 104 Å². The molecule has 0 aromatic heterocycles. The number of nitrogens with zero attached hydrogens (tertiary/aromatic N) is 1. The maximum Gasteiger partial charge on any atom is 0.0900 e. The minimum atomic E-state index is -0.331. The fourth-order valence-corrected chi connectivity index (χ4v) is 3.21. The van der Waals surface area contributed by atoms with Crippen molar-refractivity contribution in [3.8, 4) is 0 Å². The third kappa shape index (κ3) is 3.65. The van der Waals surface area contributed by atoms with Crippen LogP contribution in [0.1, 0.15) is 25.7 Å². The van der Waals surface area contributed by atoms with Crippen molar-refractivity contribution in [2.45, 2.75) is 31.8 Å². The largest absolute Gasteiger partial charge is 0.389 e. The molecule has 2 saturated heterocycles. The molecule has 0 radical (unpaired) electrons. The van der Waals surface area contributed by atoms with E-state index in [1.165, 1.54) is 38.8 Å². The molecule has 0 saturated carbocycles. The first-order valence-corrected chi connectivity index (χ1v) is 6.84. The van der Waals surface area contributed by atoms with Crippen molar-refractivity contribution in [1.29, 1.82) is 0 Å². The number of likely N-dealkylation sites (tertiary alicyclic amines) is 1. The van der Waals surface area contributed by atoms with Crippen molar-refractivity contribution < 1.29 is 9.84 Å². The number of hydrogen-bond acceptors (Lipinski definition) is 4. The molecule has 100 valence electrons. The highest BCUT2D eigenvalue weighted by atomic mass is 16.5. The van der Waals surface area contributed by atoms with Gasteiger partial charge >= 0.3 is 0 Å². The van der Waals surface area contributed by atoms with E-state index in [0.717, 1.165) is 19.6 Å². The van der Waals surface area contributed by atoms with E-state index in [9.17, 15) is 5.11 Å². The Morgan fingerprint density at radius 3 is 2.47 bits per heavy atom. The minimum absolute atomic E-state index is 0.331. The highest BCUT2D eigenvalue weighted by Crippen LogP contribution is 2.39. The zero-order valence-corrected chi connectivity index (χ0v) is 11.0. The van der Waals surface area contributed by atoms with Gasteiger partial charge in [0.1, 0.15) is 0 Å². The average Bonchev–Trinajstić information content (AvgIpc) is 2.34. The first-order chi connectivity index (χ1) is 8.24. The number of aliphatic hydroxyl groups excluding tert-OH is 1. The molecule has 2 aliphatic rings. The van der Waals surface area contributed by atoms with E-state index < -0.39 is 0 Å². The van der Waals surface area contributed by atoms with E-state index in [2.05, 4.69) is 10.2 Å². The Bertz CT molecular complexity index is 219. The second kappa shape index (κ2) is 6.14. The van der Waals surface area contributed by atoms with Gasteiger partial charge in [-0.25, -0.2) is 0 Å². The van der Waals surface area contributed by atoms with Crippen LogP contribution in [-0.4, -0.2) is 62.6 Å². The van der Waals surface area contributed by atoms with Gasteiger partial charge < -0.3 is 20.1 Å². The minimum Gasteiger partial charge on any atom is -0.389 e. The summed E-state index contributed by atoms with van der Waals surface area (Å²) in [4.78, 5) is 2.39. The fourth-order valence-electron chi connectivity index (χ4n) is 3.21. The molecule has 2 N–H and O–H groups in total. The number of nitrogens with one attached hydrogen (secondary N) is 1. The molecule has 0 aromatic carbocycles. The molecule has 1 unspecified atom stereocenters. The fraction of sp³-hybridized carbons (Fsp3) is 1.00. The van der Waals surface area contributed by atoms with E-state index in [0.29, 0.717) is 12.0 Å². The maximum absolute atomic E-state index is 9.73. The van der Waals surface area contributed by atoms with E-state index in [4.69, 9.17) is 4.74 Å². The Hall–Kier alpha value is -0.160. The van der Waals surface area contributed by atoms with E-state index in [1.54, 1.807) is 7.11 Å². The van der Waals surface area contributed by atoms with E-state index in [-0.39, 0.29) is 6.10 Å². The van der Waals surface area contributed by atoms with Crippen LogP contribution in [0.5, 0.6) is 0 Å². The highest BCUT2D eigenvalue weighted by Gasteiger charge is 2.35. The predicted molar refractivity (Wildman–Crippen MR) is 68.1 cm³/mol. The summed E-state index contributed by atoms with van der Waals surface area (Å²) in [6, 6.07) is 0. The van der Waals surface area contributed by atoms with Gasteiger partial charge in [0.15, 0.2) is 0 Å². The summed E-state index contributed by atoms with van der Waals surface area (Å²) in [6.07, 6.45) is 4.94. The number of β-amino-alcohol motifs (C(OH)–C–C–N with tert-alkyl or cyclic N) is 1. The van der Waals surface area contributed by atoms with Crippen LogP contribution in [0.3, 0.4) is 0 Å². The van der Waals surface area contributed by atoms with Crippen LogP contribution in [0, 0.1) is 5.41 Å². The monoisotopic (exact) mass is 242 g/mol. The second-order valence-electron chi connectivity index (χ2n) is 5.66. The molecule has 2 fully saturated rings. The van der Waals surface area contributed by atoms with Crippen LogP contribution in [0.2, 0.25) is 0 Å². The number of ether oxygens (including phenoxy) is 1. The third-order valence-electron chi connectivity index (χ3n) is 4.41. The standard InChI is InChI=1S/C13H26N2O2/c1-17-11-12(16)10-15-8-4-13(5-9-15)2-6-14-7-3-13/h12,14,16H,2-11H2,1H3. The van der Waals surface area contributed by atoms with Gasteiger partial charge in [0.2, 0.25) is 0 Å². The Morgan fingerprint density at radius 2 is 1.88 bits per heavy atom. The molecule has 2 heterocycles. The Balaban J connectivity index is 1.73. The quantitative estimate of drug-likeness (QED) is 0.752. The molecule has 17 heavy (non-hydrogen) atoms. The van der Waals surface area contributed by atoms with Gasteiger partial charge in [0.25, 0.3) is 0 Å². The maximum atomic E-state index is 9.73. The molecule has 1 atom stereocenters. The smallest absolute Gasteiger partial charge is 0.0900 e. The van der Waals surface area contributed by atoms with Crippen molar-refractivity contribution in [2.75, 3.05) is 46.4 Å². The van der Waals surface area contributed by atoms with Crippen molar-refractivity contribution in [1.82, 2.24) is 10.2 Å². The van der Waals surface area contributed by atoms with Crippen LogP contribution < -0.4 is 5.32 Å². The topological polar surface area (TPSA) is 44.7 Å². The summed E-state index contributed by atoms with van der Waals surface area (Å²) < 4.78 is 4.97. The van der Waals surface area contributed by atoms with Crippen LogP contribution in [0.4, 0.5) is 0 Å². The number of methoxy groups -OCH3 is 1. The molecular weight excluding hydrogens is 216 g/mol. The van der Waals surface area contributed by atoms with Crippen LogP contribution in [0.15, 0.2) is 0 Å². The average molecular weight is 242 g/mol. The van der Waals surface area contributed by atoms with E-state index in [1.807, 2.05) is 0 Å². The molecular formula is C13H26N2O2. The molecule has 0 aliphatic carbocycles. The first kappa shape index (κ1) is 13.3. The number of hydrogen-bond donors (Lipinski definition) is 2. The lowest BCUT2D eigenvalue weighted by atomic mass is 9.71. The van der Waals surface area contributed by atoms with Crippen molar-refractivity contribution in [3.05, 3.63) is 0 Å². The van der Waals surface area contributed by atoms with Crippen molar-refractivity contribution in [2.24, 2.45) is 5.41 Å². The van der Waals surface area contributed by atoms with Gasteiger partial charge in [-0.15, -0.1) is 0 Å². The van der Waals surface area contributed by atoms with Crippen LogP contribution >= 0.6 is 0 Å². The Morgan fingerprint density at radius 1 is 1.24 bits per heavy atom. The summed E-state index contributed by atoms with van der Waals surface area (Å²) in [7, 11) is 1.64. The Kier molecular flexibility index (Phi) is 4.79. The third-order valence-corrected chi connectivity index (χ3v) is 4.41. The molecule has 4 heteroatoms. The van der Waals surface area contributed by atoms with E-state index >= 15 is 0 Å². The van der Waals surface area contributed by atoms with Crippen molar-refractivity contribution in [3.63, 3.8) is 0 Å². The second-order valence-corrected chi connectivity index (χ2v) is 5.66. The lowest BCUT2D eigenvalue weighted by Crippen LogP contribution is -2.47. The molecule has 0 aromatic rings. The number of piperidine rings is 2. The van der Waals surface area contributed by atoms with Gasteiger partial charge in [-0.05, 0) is 57.3 Å². The van der Waals surface area contributed by atoms with Gasteiger partial charge in [0, 0.05) is 13.7 Å². The van der Waals surface area contributed by atoms with Crippen LogP contribution in [0.25, 0.3) is 0 Å². The molecule has 4 nitrogen and oxygen atoms in total. The predicted octanol–water partition coefficient (Wildman–Crippen LogP) is 0.459.